The van der Waals surface area contributed by atoms with Crippen molar-refractivity contribution in [1.82, 2.24) is 4.90 Å². The van der Waals surface area contributed by atoms with Gasteiger partial charge in [0.1, 0.15) is 0 Å². The summed E-state index contributed by atoms with van der Waals surface area (Å²) in [7, 11) is 1.97. The summed E-state index contributed by atoms with van der Waals surface area (Å²) in [6.45, 7) is 5.13. The van der Waals surface area contributed by atoms with Crippen LogP contribution in [0.5, 0.6) is 0 Å². The molecule has 0 aromatic heterocycles. The van der Waals surface area contributed by atoms with E-state index in [1.54, 1.807) is 0 Å². The Labute approximate surface area is 149 Å². The molecule has 0 fully saturated rings. The van der Waals surface area contributed by atoms with E-state index in [-0.39, 0.29) is 5.91 Å². The normalized spacial score (nSPS) is 11.0. The van der Waals surface area contributed by atoms with Gasteiger partial charge in [0.15, 0.2) is 0 Å². The smallest absolute Gasteiger partial charge is 0.238 e. The fourth-order valence-corrected chi connectivity index (χ4v) is 3.14. The van der Waals surface area contributed by atoms with Crippen molar-refractivity contribution in [2.24, 2.45) is 0 Å². The predicted octanol–water partition coefficient (Wildman–Crippen LogP) is 4.53. The molecule has 0 aliphatic carbocycles. The van der Waals surface area contributed by atoms with Crippen molar-refractivity contribution >= 4 is 22.4 Å². The first-order chi connectivity index (χ1) is 12.0. The van der Waals surface area contributed by atoms with Crippen LogP contribution in [0.1, 0.15) is 16.7 Å². The number of nitrogens with zero attached hydrogens (tertiary/aromatic N) is 1. The van der Waals surface area contributed by atoms with Gasteiger partial charge in [0, 0.05) is 12.2 Å². The Balaban J connectivity index is 1.63. The fourth-order valence-electron chi connectivity index (χ4n) is 3.14. The van der Waals surface area contributed by atoms with Gasteiger partial charge in [-0.05, 0) is 54.4 Å². The maximum absolute atomic E-state index is 12.4. The summed E-state index contributed by atoms with van der Waals surface area (Å²) in [5, 5.41) is 5.51. The second-order valence-corrected chi connectivity index (χ2v) is 6.67. The number of benzene rings is 3. The molecule has 0 radical (unpaired) electrons. The highest BCUT2D eigenvalue weighted by atomic mass is 16.2. The van der Waals surface area contributed by atoms with Crippen LogP contribution in [-0.2, 0) is 11.3 Å². The van der Waals surface area contributed by atoms with Gasteiger partial charge in [-0.1, -0.05) is 54.6 Å². The average Bonchev–Trinajstić information content (AvgIpc) is 2.58. The fraction of sp³-hybridized carbons (Fsp3) is 0.227. The lowest BCUT2D eigenvalue weighted by Gasteiger charge is -2.18. The van der Waals surface area contributed by atoms with Crippen molar-refractivity contribution in [3.8, 4) is 0 Å². The van der Waals surface area contributed by atoms with Gasteiger partial charge < -0.3 is 5.32 Å². The van der Waals surface area contributed by atoms with Crippen LogP contribution in [-0.4, -0.2) is 24.4 Å². The van der Waals surface area contributed by atoms with Crippen molar-refractivity contribution in [2.75, 3.05) is 18.9 Å². The van der Waals surface area contributed by atoms with Crippen molar-refractivity contribution in [2.45, 2.75) is 20.4 Å². The molecular weight excluding hydrogens is 308 g/mol. The van der Waals surface area contributed by atoms with Gasteiger partial charge in [0.25, 0.3) is 0 Å². The zero-order valence-corrected chi connectivity index (χ0v) is 15.0. The largest absolute Gasteiger partial charge is 0.324 e. The van der Waals surface area contributed by atoms with Gasteiger partial charge in [0.2, 0.25) is 5.91 Å². The standard InChI is InChI=1S/C22H24N2O/c1-16-7-6-8-17(2)22(16)23-21(25)15-24(3)14-18-11-12-19-9-4-5-10-20(19)13-18/h4-13H,14-15H2,1-3H3,(H,23,25). The minimum Gasteiger partial charge on any atom is -0.324 e. The maximum atomic E-state index is 12.4. The van der Waals surface area contributed by atoms with Crippen LogP contribution in [0, 0.1) is 13.8 Å². The lowest BCUT2D eigenvalue weighted by molar-refractivity contribution is -0.117. The van der Waals surface area contributed by atoms with Crippen LogP contribution in [0.4, 0.5) is 5.69 Å². The maximum Gasteiger partial charge on any atom is 0.238 e. The Morgan fingerprint density at radius 1 is 0.920 bits per heavy atom. The van der Waals surface area contributed by atoms with Crippen molar-refractivity contribution in [3.05, 3.63) is 77.4 Å². The molecule has 3 nitrogen and oxygen atoms in total. The summed E-state index contributed by atoms with van der Waals surface area (Å²) in [4.78, 5) is 14.4. The molecule has 3 heteroatoms. The van der Waals surface area contributed by atoms with Gasteiger partial charge in [-0.3, -0.25) is 9.69 Å². The summed E-state index contributed by atoms with van der Waals surface area (Å²) < 4.78 is 0. The third-order valence-electron chi connectivity index (χ3n) is 4.43. The molecule has 0 saturated carbocycles. The van der Waals surface area contributed by atoms with E-state index in [4.69, 9.17) is 0 Å². The Morgan fingerprint density at radius 3 is 2.32 bits per heavy atom. The highest BCUT2D eigenvalue weighted by Gasteiger charge is 2.10. The predicted molar refractivity (Wildman–Crippen MR) is 105 cm³/mol. The number of anilines is 1. The Morgan fingerprint density at radius 2 is 1.60 bits per heavy atom. The summed E-state index contributed by atoms with van der Waals surface area (Å²) in [6, 6.07) is 20.8. The van der Waals surface area contributed by atoms with E-state index in [1.807, 2.05) is 56.1 Å². The lowest BCUT2D eigenvalue weighted by Crippen LogP contribution is -2.30. The number of para-hydroxylation sites is 1. The highest BCUT2D eigenvalue weighted by molar-refractivity contribution is 5.93. The lowest BCUT2D eigenvalue weighted by atomic mass is 10.1. The first kappa shape index (κ1) is 17.2. The number of carbonyl (C=O) groups excluding carboxylic acids is 1. The number of fused-ring (bicyclic) bond motifs is 1. The van der Waals surface area contributed by atoms with Crippen LogP contribution in [0.25, 0.3) is 10.8 Å². The van der Waals surface area contributed by atoms with Gasteiger partial charge in [-0.15, -0.1) is 0 Å². The average molecular weight is 332 g/mol. The first-order valence-corrected chi connectivity index (χ1v) is 8.55. The van der Waals surface area contributed by atoms with E-state index in [9.17, 15) is 4.79 Å². The Bertz CT molecular complexity index is 881. The Kier molecular flexibility index (Phi) is 5.15. The quantitative estimate of drug-likeness (QED) is 0.744. The van der Waals surface area contributed by atoms with Crippen LogP contribution >= 0.6 is 0 Å². The molecule has 1 amide bonds. The zero-order chi connectivity index (χ0) is 17.8. The van der Waals surface area contributed by atoms with Gasteiger partial charge in [-0.25, -0.2) is 0 Å². The molecule has 0 bridgehead atoms. The molecule has 1 N–H and O–H groups in total. The van der Waals surface area contributed by atoms with Gasteiger partial charge >= 0.3 is 0 Å². The summed E-state index contributed by atoms with van der Waals surface area (Å²) in [5.74, 6) is 0.0145. The number of hydrogen-bond donors (Lipinski definition) is 1. The van der Waals surface area contributed by atoms with Crippen LogP contribution in [0.15, 0.2) is 60.7 Å². The van der Waals surface area contributed by atoms with Gasteiger partial charge in [-0.2, -0.15) is 0 Å². The molecule has 3 aromatic rings. The third kappa shape index (κ3) is 4.25. The number of carbonyl (C=O) groups is 1. The topological polar surface area (TPSA) is 32.3 Å². The van der Waals surface area contributed by atoms with Crippen molar-refractivity contribution in [3.63, 3.8) is 0 Å². The van der Waals surface area contributed by atoms with Crippen LogP contribution < -0.4 is 5.32 Å². The van der Waals surface area contributed by atoms with Crippen LogP contribution in [0.3, 0.4) is 0 Å². The van der Waals surface area contributed by atoms with E-state index >= 15 is 0 Å². The second kappa shape index (κ2) is 7.49. The molecule has 0 aliphatic heterocycles. The molecule has 25 heavy (non-hydrogen) atoms. The first-order valence-electron chi connectivity index (χ1n) is 8.55. The summed E-state index contributed by atoms with van der Waals surface area (Å²) in [5.41, 5.74) is 4.31. The number of hydrogen-bond acceptors (Lipinski definition) is 2. The minimum absolute atomic E-state index is 0.0145. The molecule has 0 unspecified atom stereocenters. The van der Waals surface area contributed by atoms with Gasteiger partial charge in [0.05, 0.1) is 6.54 Å². The van der Waals surface area contributed by atoms with Crippen molar-refractivity contribution < 1.29 is 4.79 Å². The second-order valence-electron chi connectivity index (χ2n) is 6.67. The van der Waals surface area contributed by atoms with Crippen LogP contribution in [0.2, 0.25) is 0 Å². The molecule has 128 valence electrons. The van der Waals surface area contributed by atoms with E-state index in [1.165, 1.54) is 16.3 Å². The minimum atomic E-state index is 0.0145. The molecule has 0 aliphatic rings. The molecular formula is C22H24N2O. The monoisotopic (exact) mass is 332 g/mol. The number of rotatable bonds is 5. The van der Waals surface area contributed by atoms with E-state index in [0.717, 1.165) is 23.4 Å². The number of likely N-dealkylation sites (N-methyl/N-ethyl adjacent to an activating group) is 1. The van der Waals surface area contributed by atoms with E-state index in [0.29, 0.717) is 6.54 Å². The van der Waals surface area contributed by atoms with E-state index in [2.05, 4.69) is 35.6 Å². The summed E-state index contributed by atoms with van der Waals surface area (Å²) in [6.07, 6.45) is 0. The number of nitrogens with one attached hydrogen (secondary N) is 1. The molecule has 0 heterocycles. The Hall–Kier alpha value is -2.65. The molecule has 0 spiro atoms. The zero-order valence-electron chi connectivity index (χ0n) is 15.0. The van der Waals surface area contributed by atoms with Crippen molar-refractivity contribution in [1.29, 1.82) is 0 Å². The highest BCUT2D eigenvalue weighted by Crippen LogP contribution is 2.20. The molecule has 0 saturated heterocycles. The number of amides is 1. The third-order valence-corrected chi connectivity index (χ3v) is 4.43. The molecule has 0 atom stereocenters. The van der Waals surface area contributed by atoms with E-state index < -0.39 is 0 Å². The summed E-state index contributed by atoms with van der Waals surface area (Å²) >= 11 is 0. The SMILES string of the molecule is Cc1cccc(C)c1NC(=O)CN(C)Cc1ccc2ccccc2c1. The number of aryl methyl sites for hydroxylation is 2. The molecule has 3 rings (SSSR count). The molecule has 3 aromatic carbocycles.